The van der Waals surface area contributed by atoms with Crippen molar-refractivity contribution in [2.24, 2.45) is 5.73 Å². The van der Waals surface area contributed by atoms with E-state index in [2.05, 4.69) is 33.6 Å². The van der Waals surface area contributed by atoms with E-state index in [4.69, 9.17) is 10.5 Å². The van der Waals surface area contributed by atoms with Crippen LogP contribution < -0.4 is 11.1 Å². The van der Waals surface area contributed by atoms with Gasteiger partial charge in [-0.3, -0.25) is 9.69 Å². The average Bonchev–Trinajstić information content (AvgIpc) is 3.03. The van der Waals surface area contributed by atoms with Crippen LogP contribution in [0.25, 0.3) is 0 Å². The maximum Gasteiger partial charge on any atom is 0.242 e. The molecular formula is C17H31N5O2. The van der Waals surface area contributed by atoms with Gasteiger partial charge in [0.15, 0.2) is 5.82 Å². The van der Waals surface area contributed by atoms with Gasteiger partial charge in [0.05, 0.1) is 25.6 Å². The Morgan fingerprint density at radius 2 is 2.17 bits per heavy atom. The molecule has 1 atom stereocenters. The number of aromatic nitrogens is 2. The molecule has 0 radical (unpaired) electrons. The smallest absolute Gasteiger partial charge is 0.242 e. The van der Waals surface area contributed by atoms with Gasteiger partial charge in [-0.05, 0) is 26.7 Å². The van der Waals surface area contributed by atoms with E-state index in [9.17, 15) is 4.79 Å². The molecule has 2 heterocycles. The molecule has 1 fully saturated rings. The summed E-state index contributed by atoms with van der Waals surface area (Å²) in [6.45, 7) is 11.0. The number of hydrogen-bond donors (Lipinski definition) is 2. The number of amides is 1. The molecule has 7 nitrogen and oxygen atoms in total. The third-order valence-corrected chi connectivity index (χ3v) is 4.61. The highest BCUT2D eigenvalue weighted by molar-refractivity contribution is 5.93. The highest BCUT2D eigenvalue weighted by atomic mass is 16.5. The van der Waals surface area contributed by atoms with Gasteiger partial charge in [-0.25, -0.2) is 4.98 Å². The van der Waals surface area contributed by atoms with Crippen molar-refractivity contribution < 1.29 is 9.53 Å². The fourth-order valence-electron chi connectivity index (χ4n) is 2.77. The summed E-state index contributed by atoms with van der Waals surface area (Å²) in [5, 5.41) is 2.80. The van der Waals surface area contributed by atoms with Crippen LogP contribution in [0.3, 0.4) is 0 Å². The van der Waals surface area contributed by atoms with E-state index < -0.39 is 6.04 Å². The number of carbonyl (C=O) groups excluding carboxylic acids is 1. The van der Waals surface area contributed by atoms with Gasteiger partial charge in [-0.2, -0.15) is 0 Å². The zero-order chi connectivity index (χ0) is 17.6. The largest absolute Gasteiger partial charge is 0.379 e. The molecular weight excluding hydrogens is 306 g/mol. The Morgan fingerprint density at radius 3 is 2.83 bits per heavy atom. The Labute approximate surface area is 144 Å². The molecule has 0 aromatic carbocycles. The number of hydrogen-bond acceptors (Lipinski definition) is 5. The second-order valence-corrected chi connectivity index (χ2v) is 7.07. The van der Waals surface area contributed by atoms with Crippen molar-refractivity contribution in [2.75, 3.05) is 38.2 Å². The van der Waals surface area contributed by atoms with Gasteiger partial charge in [0, 0.05) is 31.4 Å². The van der Waals surface area contributed by atoms with Crippen molar-refractivity contribution in [2.45, 2.75) is 51.6 Å². The number of carbonyl (C=O) groups is 1. The lowest BCUT2D eigenvalue weighted by molar-refractivity contribution is -0.117. The van der Waals surface area contributed by atoms with Gasteiger partial charge in [0.1, 0.15) is 0 Å². The van der Waals surface area contributed by atoms with Crippen LogP contribution in [0.1, 0.15) is 40.0 Å². The number of nitrogens with one attached hydrogen (secondary N) is 1. The summed E-state index contributed by atoms with van der Waals surface area (Å²) in [4.78, 5) is 18.7. The lowest BCUT2D eigenvalue weighted by Gasteiger charge is -2.32. The molecule has 0 aliphatic carbocycles. The molecule has 0 saturated carbocycles. The molecule has 1 aliphatic heterocycles. The van der Waals surface area contributed by atoms with Crippen LogP contribution in [0.2, 0.25) is 0 Å². The van der Waals surface area contributed by atoms with Crippen molar-refractivity contribution in [1.82, 2.24) is 14.5 Å². The summed E-state index contributed by atoms with van der Waals surface area (Å²) in [6.07, 6.45) is 6.23. The second kappa shape index (κ2) is 8.60. The first-order valence-corrected chi connectivity index (χ1v) is 8.83. The fraction of sp³-hybridized carbons (Fsp3) is 0.765. The SMILES string of the molecule is CCCC(N)C(=O)Nc1cn(C(C)(C)CCN2CCOCC2)cn1. The maximum atomic E-state index is 12.0. The van der Waals surface area contributed by atoms with Crippen LogP contribution >= 0.6 is 0 Å². The summed E-state index contributed by atoms with van der Waals surface area (Å²) < 4.78 is 7.45. The van der Waals surface area contributed by atoms with Gasteiger partial charge >= 0.3 is 0 Å². The van der Waals surface area contributed by atoms with Crippen LogP contribution in [-0.4, -0.2) is 59.2 Å². The maximum absolute atomic E-state index is 12.0. The summed E-state index contributed by atoms with van der Waals surface area (Å²) >= 11 is 0. The van der Waals surface area contributed by atoms with E-state index in [-0.39, 0.29) is 11.4 Å². The van der Waals surface area contributed by atoms with E-state index in [1.54, 1.807) is 6.33 Å². The molecule has 1 saturated heterocycles. The predicted molar refractivity (Wildman–Crippen MR) is 94.9 cm³/mol. The molecule has 1 aromatic heterocycles. The lowest BCUT2D eigenvalue weighted by Crippen LogP contribution is -2.39. The molecule has 1 amide bonds. The minimum Gasteiger partial charge on any atom is -0.379 e. The molecule has 0 bridgehead atoms. The normalized spacial score (nSPS) is 17.7. The summed E-state index contributed by atoms with van der Waals surface area (Å²) in [7, 11) is 0. The summed E-state index contributed by atoms with van der Waals surface area (Å²) in [5.74, 6) is 0.388. The highest BCUT2D eigenvalue weighted by Crippen LogP contribution is 2.22. The molecule has 136 valence electrons. The van der Waals surface area contributed by atoms with Gasteiger partial charge in [0.2, 0.25) is 5.91 Å². The molecule has 1 aromatic rings. The van der Waals surface area contributed by atoms with Crippen LogP contribution in [0.5, 0.6) is 0 Å². The van der Waals surface area contributed by atoms with E-state index in [0.29, 0.717) is 12.2 Å². The standard InChI is InChI=1S/C17H31N5O2/c1-4-5-14(18)16(23)20-15-12-22(13-19-15)17(2,3)6-7-21-8-10-24-11-9-21/h12-14H,4-11,18H2,1-3H3,(H,20,23). The van der Waals surface area contributed by atoms with Gasteiger partial charge in [-0.15, -0.1) is 0 Å². The number of imidazole rings is 1. The number of rotatable bonds is 8. The van der Waals surface area contributed by atoms with Crippen molar-refractivity contribution in [3.8, 4) is 0 Å². The van der Waals surface area contributed by atoms with E-state index in [1.165, 1.54) is 0 Å². The first-order chi connectivity index (χ1) is 11.4. The quantitative estimate of drug-likeness (QED) is 0.749. The zero-order valence-electron chi connectivity index (χ0n) is 15.1. The summed E-state index contributed by atoms with van der Waals surface area (Å²) in [6, 6.07) is -0.477. The number of anilines is 1. The third-order valence-electron chi connectivity index (χ3n) is 4.61. The van der Waals surface area contributed by atoms with E-state index in [1.807, 2.05) is 13.1 Å². The minimum atomic E-state index is -0.477. The number of nitrogens with zero attached hydrogens (tertiary/aromatic N) is 3. The van der Waals surface area contributed by atoms with Crippen LogP contribution in [-0.2, 0) is 15.1 Å². The minimum absolute atomic E-state index is 0.0696. The Bertz CT molecular complexity index is 523. The van der Waals surface area contributed by atoms with Crippen LogP contribution in [0.15, 0.2) is 12.5 Å². The molecule has 3 N–H and O–H groups in total. The van der Waals surface area contributed by atoms with Crippen LogP contribution in [0, 0.1) is 0 Å². The van der Waals surface area contributed by atoms with Crippen molar-refractivity contribution in [1.29, 1.82) is 0 Å². The molecule has 1 aliphatic rings. The van der Waals surface area contributed by atoms with Gasteiger partial charge in [-0.1, -0.05) is 13.3 Å². The molecule has 2 rings (SSSR count). The van der Waals surface area contributed by atoms with E-state index in [0.717, 1.165) is 45.7 Å². The fourth-order valence-corrected chi connectivity index (χ4v) is 2.77. The van der Waals surface area contributed by atoms with E-state index >= 15 is 0 Å². The first kappa shape index (κ1) is 18.9. The second-order valence-electron chi connectivity index (χ2n) is 7.07. The van der Waals surface area contributed by atoms with Crippen molar-refractivity contribution in [3.63, 3.8) is 0 Å². The number of ether oxygens (including phenoxy) is 1. The van der Waals surface area contributed by atoms with Gasteiger partial charge < -0.3 is 20.4 Å². The molecule has 24 heavy (non-hydrogen) atoms. The average molecular weight is 337 g/mol. The van der Waals surface area contributed by atoms with Crippen molar-refractivity contribution in [3.05, 3.63) is 12.5 Å². The molecule has 1 unspecified atom stereocenters. The zero-order valence-corrected chi connectivity index (χ0v) is 15.1. The Balaban J connectivity index is 1.88. The monoisotopic (exact) mass is 337 g/mol. The number of morpholine rings is 1. The third kappa shape index (κ3) is 5.29. The topological polar surface area (TPSA) is 85.4 Å². The molecule has 0 spiro atoms. The Kier molecular flexibility index (Phi) is 6.77. The Morgan fingerprint density at radius 1 is 1.46 bits per heavy atom. The summed E-state index contributed by atoms with van der Waals surface area (Å²) in [5.41, 5.74) is 5.77. The van der Waals surface area contributed by atoms with Gasteiger partial charge in [0.25, 0.3) is 0 Å². The first-order valence-electron chi connectivity index (χ1n) is 8.83. The highest BCUT2D eigenvalue weighted by Gasteiger charge is 2.23. The lowest BCUT2D eigenvalue weighted by atomic mass is 10.00. The Hall–Kier alpha value is -1.44. The number of nitrogens with two attached hydrogens (primary N) is 1. The van der Waals surface area contributed by atoms with Crippen LogP contribution in [0.4, 0.5) is 5.82 Å². The van der Waals surface area contributed by atoms with Crippen molar-refractivity contribution >= 4 is 11.7 Å². The molecule has 7 heteroatoms. The predicted octanol–water partition coefficient (Wildman–Crippen LogP) is 1.41.